The molecule has 2 aliphatic rings. The molecule has 0 saturated heterocycles. The molecule has 0 atom stereocenters. The highest BCUT2D eigenvalue weighted by molar-refractivity contribution is 7.33. The van der Waals surface area contributed by atoms with Crippen LogP contribution in [0.15, 0.2) is 48.5 Å². The number of hydrogen-bond acceptors (Lipinski definition) is 7. The number of fused-ring (bicyclic) bond motifs is 2. The summed E-state index contributed by atoms with van der Waals surface area (Å²) in [6.07, 6.45) is 19.1. The molecule has 2 aromatic rings. The maximum Gasteiger partial charge on any atom is 0.319 e. The summed E-state index contributed by atoms with van der Waals surface area (Å²) in [7, 11) is -2.41. The zero-order valence-corrected chi connectivity index (χ0v) is 29.4. The molecule has 0 spiro atoms. The Bertz CT molecular complexity index is 1210. The van der Waals surface area contributed by atoms with E-state index in [1.54, 1.807) is 48.5 Å². The Morgan fingerprint density at radius 1 is 0.396 bits per heavy atom. The largest absolute Gasteiger partial charge is 0.319 e. The van der Waals surface area contributed by atoms with Crippen molar-refractivity contribution in [2.45, 2.75) is 116 Å². The fourth-order valence-electron chi connectivity index (χ4n) is 6.46. The van der Waals surface area contributed by atoms with Crippen LogP contribution < -0.4 is 0 Å². The molecule has 0 aliphatic carbocycles. The smallest absolute Gasteiger partial charge is 0.311 e. The number of carbonyl (C=O) groups is 4. The van der Waals surface area contributed by atoms with Gasteiger partial charge in [-0.2, -0.15) is 0 Å². The van der Waals surface area contributed by atoms with Crippen LogP contribution in [-0.4, -0.2) is 59.7 Å². The molecule has 0 saturated carbocycles. The van der Waals surface area contributed by atoms with E-state index in [2.05, 4.69) is 0 Å². The van der Waals surface area contributed by atoms with Gasteiger partial charge in [-0.3, -0.25) is 33.5 Å². The second-order valence-electron chi connectivity index (χ2n) is 12.9. The summed E-state index contributed by atoms with van der Waals surface area (Å²) < 4.78 is 22.7. The third-order valence-electron chi connectivity index (χ3n) is 9.25. The van der Waals surface area contributed by atoms with E-state index in [0.717, 1.165) is 89.9 Å². The number of unbranched alkanes of at least 4 members (excludes halogenated alkanes) is 16. The van der Waals surface area contributed by atoms with Crippen LogP contribution >= 0.6 is 8.25 Å². The second-order valence-corrected chi connectivity index (χ2v) is 14.0. The van der Waals surface area contributed by atoms with Gasteiger partial charge in [0.2, 0.25) is 0 Å². The van der Waals surface area contributed by atoms with Crippen LogP contribution in [0, 0.1) is 0 Å². The lowest BCUT2D eigenvalue weighted by Gasteiger charge is -2.13. The van der Waals surface area contributed by atoms with Crippen molar-refractivity contribution in [3.8, 4) is 0 Å². The van der Waals surface area contributed by atoms with Gasteiger partial charge < -0.3 is 9.05 Å². The molecule has 48 heavy (non-hydrogen) atoms. The molecular formula is C38H53N2O7P. The molecule has 2 heterocycles. The monoisotopic (exact) mass is 680 g/mol. The molecule has 0 radical (unpaired) electrons. The van der Waals surface area contributed by atoms with Gasteiger partial charge in [-0.05, 0) is 49.9 Å². The summed E-state index contributed by atoms with van der Waals surface area (Å²) in [5.74, 6) is -0.662. The standard InChI is InChI=1S/C38H53N2O7P/c41-35-31-23-15-16-24-32(31)36(42)39(35)27-19-11-7-3-1-5-9-13-21-29-46-48(45)47-30-22-14-10-6-2-4-8-12-20-28-40-37(43)33-25-17-18-26-34(33)38(40)44/h15-18,23-26,48H,1-14,19-22,27-30H2. The molecule has 4 rings (SSSR count). The average molecular weight is 681 g/mol. The molecule has 2 aromatic carbocycles. The zero-order chi connectivity index (χ0) is 34.0. The van der Waals surface area contributed by atoms with Crippen LogP contribution in [0.5, 0.6) is 0 Å². The molecular weight excluding hydrogens is 627 g/mol. The van der Waals surface area contributed by atoms with Gasteiger partial charge in [-0.1, -0.05) is 114 Å². The minimum atomic E-state index is -2.41. The zero-order valence-electron chi connectivity index (χ0n) is 28.4. The fourth-order valence-corrected chi connectivity index (χ4v) is 7.16. The van der Waals surface area contributed by atoms with Gasteiger partial charge in [0.05, 0.1) is 35.5 Å². The lowest BCUT2D eigenvalue weighted by molar-refractivity contribution is 0.0636. The highest BCUT2D eigenvalue weighted by Gasteiger charge is 2.35. The summed E-state index contributed by atoms with van der Waals surface area (Å²) >= 11 is 0. The number of nitrogens with zero attached hydrogens (tertiary/aromatic N) is 2. The van der Waals surface area contributed by atoms with Gasteiger partial charge in [0.1, 0.15) is 0 Å². The van der Waals surface area contributed by atoms with Gasteiger partial charge in [-0.25, -0.2) is 0 Å². The molecule has 0 bridgehead atoms. The Morgan fingerprint density at radius 3 is 0.938 bits per heavy atom. The molecule has 2 aliphatic heterocycles. The number of imide groups is 2. The molecule has 262 valence electrons. The topological polar surface area (TPSA) is 110 Å². The minimum Gasteiger partial charge on any atom is -0.311 e. The number of carbonyl (C=O) groups excluding carboxylic acids is 4. The summed E-state index contributed by atoms with van der Waals surface area (Å²) in [6, 6.07) is 14.1. The minimum absolute atomic E-state index is 0.166. The van der Waals surface area contributed by atoms with E-state index in [0.29, 0.717) is 48.6 Å². The summed E-state index contributed by atoms with van der Waals surface area (Å²) in [4.78, 5) is 52.4. The predicted molar refractivity (Wildman–Crippen MR) is 188 cm³/mol. The van der Waals surface area contributed by atoms with Crippen molar-refractivity contribution in [1.82, 2.24) is 9.80 Å². The summed E-state index contributed by atoms with van der Waals surface area (Å²) in [6.45, 7) is 1.95. The van der Waals surface area contributed by atoms with Crippen molar-refractivity contribution in [2.75, 3.05) is 26.3 Å². The van der Waals surface area contributed by atoms with Crippen molar-refractivity contribution in [1.29, 1.82) is 0 Å². The Kier molecular flexibility index (Phi) is 16.5. The van der Waals surface area contributed by atoms with Gasteiger partial charge in [0.15, 0.2) is 0 Å². The van der Waals surface area contributed by atoms with Crippen molar-refractivity contribution in [3.05, 3.63) is 70.8 Å². The van der Waals surface area contributed by atoms with Crippen LogP contribution in [0.3, 0.4) is 0 Å². The first-order chi connectivity index (χ1) is 23.5. The van der Waals surface area contributed by atoms with E-state index in [4.69, 9.17) is 9.05 Å². The highest BCUT2D eigenvalue weighted by atomic mass is 31.1. The Labute approximate surface area is 286 Å². The third kappa shape index (κ3) is 11.5. The van der Waals surface area contributed by atoms with E-state index >= 15 is 0 Å². The van der Waals surface area contributed by atoms with E-state index in [1.807, 2.05) is 0 Å². The third-order valence-corrected chi connectivity index (χ3v) is 10.1. The number of rotatable bonds is 26. The van der Waals surface area contributed by atoms with Crippen LogP contribution in [0.25, 0.3) is 0 Å². The maximum atomic E-state index is 12.4. The molecule has 0 N–H and O–H groups in total. The van der Waals surface area contributed by atoms with E-state index in [1.165, 1.54) is 35.5 Å². The molecule has 10 heteroatoms. The lowest BCUT2D eigenvalue weighted by Crippen LogP contribution is -2.30. The number of hydrogen-bond donors (Lipinski definition) is 0. The van der Waals surface area contributed by atoms with E-state index < -0.39 is 8.25 Å². The average Bonchev–Trinajstić information content (AvgIpc) is 3.49. The lowest BCUT2D eigenvalue weighted by atomic mass is 10.1. The van der Waals surface area contributed by atoms with E-state index in [-0.39, 0.29) is 23.6 Å². The van der Waals surface area contributed by atoms with Gasteiger partial charge in [-0.15, -0.1) is 0 Å². The number of benzene rings is 2. The van der Waals surface area contributed by atoms with Crippen LogP contribution in [-0.2, 0) is 13.6 Å². The SMILES string of the molecule is O=C1c2ccccc2C(=O)N1CCCCCCCCCCCO[PH](=O)OCCCCCCCCCCCN1C(=O)c2ccccc2C1=O. The first-order valence-corrected chi connectivity index (χ1v) is 19.4. The Morgan fingerprint density at radius 2 is 0.646 bits per heavy atom. The first-order valence-electron chi connectivity index (χ1n) is 18.2. The second kappa shape index (κ2) is 21.1. The Balaban J connectivity index is 0.844. The van der Waals surface area contributed by atoms with Gasteiger partial charge in [0.25, 0.3) is 23.6 Å². The van der Waals surface area contributed by atoms with Crippen LogP contribution in [0.1, 0.15) is 157 Å². The number of amides is 4. The first kappa shape index (κ1) is 37.7. The van der Waals surface area contributed by atoms with Crippen LogP contribution in [0.2, 0.25) is 0 Å². The van der Waals surface area contributed by atoms with Crippen molar-refractivity contribution < 1.29 is 32.8 Å². The molecule has 9 nitrogen and oxygen atoms in total. The van der Waals surface area contributed by atoms with Gasteiger partial charge >= 0.3 is 8.25 Å². The fraction of sp³-hybridized carbons (Fsp3) is 0.579. The molecule has 0 aromatic heterocycles. The maximum absolute atomic E-state index is 12.4. The van der Waals surface area contributed by atoms with Crippen LogP contribution in [0.4, 0.5) is 0 Å². The summed E-state index contributed by atoms with van der Waals surface area (Å²) in [5.41, 5.74) is 2.09. The molecule has 4 amide bonds. The summed E-state index contributed by atoms with van der Waals surface area (Å²) in [5, 5.41) is 0. The van der Waals surface area contributed by atoms with Crippen molar-refractivity contribution >= 4 is 31.9 Å². The van der Waals surface area contributed by atoms with Gasteiger partial charge in [0, 0.05) is 13.1 Å². The quantitative estimate of drug-likeness (QED) is 0.0554. The van der Waals surface area contributed by atoms with E-state index in [9.17, 15) is 23.7 Å². The van der Waals surface area contributed by atoms with Crippen molar-refractivity contribution in [3.63, 3.8) is 0 Å². The normalized spacial score (nSPS) is 14.1. The molecule has 0 fully saturated rings. The molecule has 0 unspecified atom stereocenters. The Hall–Kier alpha value is -3.13. The van der Waals surface area contributed by atoms with Crippen molar-refractivity contribution in [2.24, 2.45) is 0 Å². The highest BCUT2D eigenvalue weighted by Crippen LogP contribution is 2.26. The predicted octanol–water partition coefficient (Wildman–Crippen LogP) is 9.02.